The van der Waals surface area contributed by atoms with Crippen molar-refractivity contribution in [2.24, 2.45) is 15.0 Å². The van der Waals surface area contributed by atoms with Crippen LogP contribution in [0.3, 0.4) is 0 Å². The number of guanidine groups is 1. The van der Waals surface area contributed by atoms with Gasteiger partial charge in [0.1, 0.15) is 23.4 Å². The van der Waals surface area contributed by atoms with Crippen LogP contribution in [0.15, 0.2) is 45.3 Å². The number of nitrogens with zero attached hydrogens (tertiary/aromatic N) is 5. The Balaban J connectivity index is 1.40. The standard InChI is InChI=1S/C32H37N7O9/c1-4-46-29(43)20-13-17(7-10-38-11-9-34-31(38)39-16-35-23-27(39)36-30(33)37-28(23)42)22-25(45-3)18-14-21(32(2,44)8-5-6-12-40)48-24(18)19(15-41)26(22)47-20/h7,9,11,13,21,40-41,44H,4-6,8,10,12,14-16H2,1-3H3,(H2,33,37,42)/t21-,32-/m0/s1. The van der Waals surface area contributed by atoms with Crippen LogP contribution in [-0.4, -0.2) is 92.9 Å². The number of imidazole rings is 1. The maximum Gasteiger partial charge on any atom is 0.374 e. The van der Waals surface area contributed by atoms with E-state index in [-0.39, 0.29) is 61.5 Å². The number of hydrogen-bond donors (Lipinski definition) is 5. The van der Waals surface area contributed by atoms with Crippen LogP contribution >= 0.6 is 0 Å². The third-order valence-corrected chi connectivity index (χ3v) is 8.64. The van der Waals surface area contributed by atoms with Crippen molar-refractivity contribution < 1.29 is 49.1 Å². The molecule has 0 radical (unpaired) electrons. The molecule has 3 atom stereocenters. The van der Waals surface area contributed by atoms with Gasteiger partial charge in [-0.25, -0.2) is 19.7 Å². The molecule has 48 heavy (non-hydrogen) atoms. The molecular weight excluding hydrogens is 626 g/mol. The van der Waals surface area contributed by atoms with Gasteiger partial charge in [0.25, 0.3) is 5.84 Å². The SMILES string of the molecule is CCOC(=O)C1=CC(=CCn2ccnc2[NH+]2CN=C3C([O-])=NC(=N)N=C32)c2c(OC)c3c(c(CO)c2O1)O[C@H]([C@@](C)(O)CCCCO)C3. The van der Waals surface area contributed by atoms with Gasteiger partial charge in [-0.05, 0) is 44.8 Å². The normalized spacial score (nSPS) is 21.5. The molecule has 1 aromatic heterocycles. The van der Waals surface area contributed by atoms with Crippen molar-refractivity contribution in [3.8, 4) is 17.2 Å². The summed E-state index contributed by atoms with van der Waals surface area (Å²) in [5.74, 6) is -0.184. The van der Waals surface area contributed by atoms with E-state index in [0.29, 0.717) is 58.3 Å². The molecule has 0 aliphatic carbocycles. The summed E-state index contributed by atoms with van der Waals surface area (Å²) >= 11 is 0. The Labute approximate surface area is 275 Å². The average Bonchev–Trinajstić information content (AvgIpc) is 3.81. The summed E-state index contributed by atoms with van der Waals surface area (Å²) in [6.45, 7) is 3.36. The van der Waals surface area contributed by atoms with Crippen LogP contribution in [0.25, 0.3) is 5.57 Å². The number of methoxy groups -OCH3 is 1. The van der Waals surface area contributed by atoms with Gasteiger partial charge in [-0.15, -0.1) is 0 Å². The number of quaternary nitrogens is 1. The van der Waals surface area contributed by atoms with Gasteiger partial charge in [-0.2, -0.15) is 9.98 Å². The van der Waals surface area contributed by atoms with E-state index in [1.807, 2.05) is 10.6 Å². The molecule has 0 saturated heterocycles. The van der Waals surface area contributed by atoms with Crippen LogP contribution in [-0.2, 0) is 29.1 Å². The van der Waals surface area contributed by atoms with E-state index in [1.165, 1.54) is 7.11 Å². The number of ether oxygens (including phenoxy) is 4. The fourth-order valence-electron chi connectivity index (χ4n) is 6.27. The number of aromatic nitrogens is 2. The minimum absolute atomic E-state index is 0.0172. The molecule has 0 amide bonds. The molecule has 254 valence electrons. The Morgan fingerprint density at radius 1 is 1.29 bits per heavy atom. The van der Waals surface area contributed by atoms with Crippen LogP contribution in [0.2, 0.25) is 0 Å². The van der Waals surface area contributed by atoms with Gasteiger partial charge >= 0.3 is 11.9 Å². The molecule has 0 saturated carbocycles. The number of carbonyl (C=O) groups excluding carboxylic acids is 1. The molecular formula is C32H37N7O9. The van der Waals surface area contributed by atoms with Crippen molar-refractivity contribution >= 4 is 40.9 Å². The van der Waals surface area contributed by atoms with Gasteiger partial charge in [0.2, 0.25) is 11.7 Å². The monoisotopic (exact) mass is 663 g/mol. The lowest BCUT2D eigenvalue weighted by Gasteiger charge is -2.29. The number of unbranched alkanes of at least 4 members (excludes halogenated alkanes) is 1. The Morgan fingerprint density at radius 3 is 2.83 bits per heavy atom. The van der Waals surface area contributed by atoms with Gasteiger partial charge < -0.3 is 39.4 Å². The van der Waals surface area contributed by atoms with Crippen LogP contribution in [0.5, 0.6) is 17.2 Å². The number of aliphatic imine (C=N–C) groups is 3. The van der Waals surface area contributed by atoms with E-state index in [2.05, 4.69) is 20.0 Å². The van der Waals surface area contributed by atoms with E-state index < -0.39 is 36.1 Å². The number of rotatable bonds is 12. The summed E-state index contributed by atoms with van der Waals surface area (Å²) in [6.07, 6.45) is 7.83. The van der Waals surface area contributed by atoms with Crippen molar-refractivity contribution in [1.82, 2.24) is 9.55 Å². The van der Waals surface area contributed by atoms with Gasteiger partial charge in [0.15, 0.2) is 12.4 Å². The topological polar surface area (TPSA) is 221 Å². The van der Waals surface area contributed by atoms with Crippen LogP contribution in [0.4, 0.5) is 5.95 Å². The molecule has 5 heterocycles. The highest BCUT2D eigenvalue weighted by molar-refractivity contribution is 6.66. The molecule has 4 aliphatic heterocycles. The van der Waals surface area contributed by atoms with E-state index in [9.17, 15) is 25.2 Å². The van der Waals surface area contributed by atoms with Crippen molar-refractivity contribution in [2.75, 3.05) is 27.0 Å². The summed E-state index contributed by atoms with van der Waals surface area (Å²) in [4.78, 5) is 30.0. The van der Waals surface area contributed by atoms with Gasteiger partial charge in [-0.1, -0.05) is 6.08 Å². The van der Waals surface area contributed by atoms with E-state index >= 15 is 0 Å². The Kier molecular flexibility index (Phi) is 9.15. The average molecular weight is 664 g/mol. The van der Waals surface area contributed by atoms with Gasteiger partial charge in [0, 0.05) is 37.2 Å². The fourth-order valence-corrected chi connectivity index (χ4v) is 6.27. The second-order valence-electron chi connectivity index (χ2n) is 11.8. The maximum atomic E-state index is 13.0. The summed E-state index contributed by atoms with van der Waals surface area (Å²) in [5.41, 5.74) is 0.785. The highest BCUT2D eigenvalue weighted by atomic mass is 16.6. The number of nitrogens with one attached hydrogen (secondary N) is 2. The molecule has 16 nitrogen and oxygen atoms in total. The molecule has 4 aliphatic rings. The second-order valence-corrected chi connectivity index (χ2v) is 11.8. The first-order chi connectivity index (χ1) is 23.1. The van der Waals surface area contributed by atoms with Gasteiger partial charge in [0.05, 0.1) is 43.2 Å². The molecule has 0 bridgehead atoms. The summed E-state index contributed by atoms with van der Waals surface area (Å²) in [7, 11) is 1.50. The third kappa shape index (κ3) is 5.87. The summed E-state index contributed by atoms with van der Waals surface area (Å²) in [5, 5.41) is 51.3. The highest BCUT2D eigenvalue weighted by Gasteiger charge is 2.44. The summed E-state index contributed by atoms with van der Waals surface area (Å²) in [6, 6.07) is 0. The van der Waals surface area contributed by atoms with Crippen LogP contribution < -0.4 is 24.2 Å². The Morgan fingerprint density at radius 2 is 2.10 bits per heavy atom. The van der Waals surface area contributed by atoms with E-state index in [0.717, 1.165) is 0 Å². The van der Waals surface area contributed by atoms with Crippen molar-refractivity contribution in [2.45, 2.75) is 64.4 Å². The lowest BCUT2D eigenvalue weighted by molar-refractivity contribution is -0.730. The van der Waals surface area contributed by atoms with E-state index in [4.69, 9.17) is 24.4 Å². The molecule has 0 spiro atoms. The smallest absolute Gasteiger partial charge is 0.374 e. The molecule has 1 unspecified atom stereocenters. The Bertz CT molecular complexity index is 1800. The van der Waals surface area contributed by atoms with Crippen molar-refractivity contribution in [3.05, 3.63) is 47.0 Å². The number of carbonyl (C=O) groups is 1. The molecule has 5 N–H and O–H groups in total. The molecule has 6 rings (SSSR count). The summed E-state index contributed by atoms with van der Waals surface area (Å²) < 4.78 is 25.4. The largest absolute Gasteiger partial charge is 0.857 e. The van der Waals surface area contributed by atoms with E-state index in [1.54, 1.807) is 32.3 Å². The maximum absolute atomic E-state index is 13.0. The fraction of sp³-hybridized carbons (Fsp3) is 0.438. The highest BCUT2D eigenvalue weighted by Crippen LogP contribution is 2.53. The lowest BCUT2D eigenvalue weighted by Crippen LogP contribution is -3.10. The zero-order chi connectivity index (χ0) is 34.2. The van der Waals surface area contributed by atoms with Gasteiger partial charge in [-0.3, -0.25) is 9.98 Å². The molecule has 16 heteroatoms. The zero-order valence-electron chi connectivity index (χ0n) is 26.8. The number of aliphatic hydroxyl groups is 3. The number of amidine groups is 1. The number of fused-ring (bicyclic) bond motifs is 3. The predicted octanol–water partition coefficient (Wildman–Crippen LogP) is -0.442. The van der Waals surface area contributed by atoms with Crippen molar-refractivity contribution in [1.29, 1.82) is 5.41 Å². The predicted molar refractivity (Wildman–Crippen MR) is 170 cm³/mol. The van der Waals surface area contributed by atoms with Crippen LogP contribution in [0, 0.1) is 5.41 Å². The molecule has 1 aromatic carbocycles. The molecule has 2 aromatic rings. The number of aliphatic hydroxyl groups excluding tert-OH is 2. The van der Waals surface area contributed by atoms with Crippen molar-refractivity contribution in [3.63, 3.8) is 0 Å². The minimum Gasteiger partial charge on any atom is -0.857 e. The first-order valence-electron chi connectivity index (χ1n) is 15.6. The number of benzene rings is 1. The number of hydrogen-bond acceptors (Lipinski definition) is 12. The lowest BCUT2D eigenvalue weighted by atomic mass is 9.87. The first-order valence-corrected chi connectivity index (χ1v) is 15.6. The Hall–Kier alpha value is -4.90. The van der Waals surface area contributed by atoms with Crippen LogP contribution in [0.1, 0.15) is 49.8 Å². The molecule has 0 fully saturated rings. The minimum atomic E-state index is -1.25. The number of esters is 1. The zero-order valence-corrected chi connectivity index (χ0v) is 26.8. The quantitative estimate of drug-likeness (QED) is 0.146. The number of allylic oxidation sites excluding steroid dienone is 3. The second kappa shape index (κ2) is 13.3. The third-order valence-electron chi connectivity index (χ3n) is 8.64. The first kappa shape index (κ1) is 33.0.